The largest absolute Gasteiger partial charge is 0.403 e. The average molecular weight is 415 g/mol. The van der Waals surface area contributed by atoms with E-state index in [-0.39, 0.29) is 6.16 Å². The highest BCUT2D eigenvalue weighted by Gasteiger charge is 2.24. The number of hydrogen-bond donors (Lipinski definition) is 3. The summed E-state index contributed by atoms with van der Waals surface area (Å²) in [5, 5.41) is 0. The molecule has 27 heavy (non-hydrogen) atoms. The summed E-state index contributed by atoms with van der Waals surface area (Å²) in [6.45, 7) is 31.9. The van der Waals surface area contributed by atoms with Crippen molar-refractivity contribution < 1.29 is 14.7 Å². The van der Waals surface area contributed by atoms with E-state index in [1.165, 1.54) is 65.8 Å². The number of hydrogen-bond acceptors (Lipinski definition) is 6. The fourth-order valence-electron chi connectivity index (χ4n) is 2.01. The monoisotopic (exact) mass is 414 g/mol. The molecule has 0 aliphatic heterocycles. The molecule has 0 saturated carbocycles. The second-order valence-electron chi connectivity index (χ2n) is 5.87. The van der Waals surface area contributed by atoms with Crippen molar-refractivity contribution >= 4 is 7.94 Å². The SMILES string of the molecule is CCN(CC)CC.CCN(CC)CC.CCN(CC)CC.CC[P+](O)(O)O. The van der Waals surface area contributed by atoms with Crippen LogP contribution in [-0.2, 0) is 0 Å². The van der Waals surface area contributed by atoms with Gasteiger partial charge in [-0.3, -0.25) is 0 Å². The second kappa shape index (κ2) is 26.2. The lowest BCUT2D eigenvalue weighted by atomic mass is 10.5. The molecular formula is C20H53N3O3P+. The lowest BCUT2D eigenvalue weighted by Crippen LogP contribution is -2.21. The first-order chi connectivity index (χ1) is 12.6. The summed E-state index contributed by atoms with van der Waals surface area (Å²) in [7, 11) is -3.40. The summed E-state index contributed by atoms with van der Waals surface area (Å²) in [5.41, 5.74) is 0. The van der Waals surface area contributed by atoms with Crippen molar-refractivity contribution in [2.75, 3.05) is 65.1 Å². The van der Waals surface area contributed by atoms with Crippen LogP contribution < -0.4 is 0 Å². The summed E-state index contributed by atoms with van der Waals surface area (Å²) in [4.78, 5) is 31.3. The van der Waals surface area contributed by atoms with Crippen LogP contribution in [0.3, 0.4) is 0 Å². The zero-order valence-corrected chi connectivity index (χ0v) is 21.1. The maximum Gasteiger partial charge on any atom is 0.403 e. The van der Waals surface area contributed by atoms with E-state index in [2.05, 4.69) is 77.0 Å². The Balaban J connectivity index is -0.000000131. The van der Waals surface area contributed by atoms with Crippen LogP contribution in [0.2, 0.25) is 0 Å². The smallest absolute Gasteiger partial charge is 0.304 e. The van der Waals surface area contributed by atoms with E-state index < -0.39 is 7.94 Å². The van der Waals surface area contributed by atoms with Crippen LogP contribution in [0, 0.1) is 0 Å². The van der Waals surface area contributed by atoms with E-state index in [1.807, 2.05) is 0 Å². The molecule has 6 nitrogen and oxygen atoms in total. The Morgan fingerprint density at radius 1 is 0.407 bits per heavy atom. The van der Waals surface area contributed by atoms with Gasteiger partial charge in [0.15, 0.2) is 0 Å². The van der Waals surface area contributed by atoms with Gasteiger partial charge in [-0.1, -0.05) is 62.3 Å². The van der Waals surface area contributed by atoms with E-state index in [0.29, 0.717) is 0 Å². The fourth-order valence-corrected chi connectivity index (χ4v) is 2.01. The Kier molecular flexibility index (Phi) is 33.6. The molecule has 0 heterocycles. The minimum atomic E-state index is -3.40. The fraction of sp³-hybridized carbons (Fsp3) is 1.00. The molecule has 0 aromatic rings. The third kappa shape index (κ3) is 34.1. The van der Waals surface area contributed by atoms with Gasteiger partial charge in [0.2, 0.25) is 0 Å². The Hall–Kier alpha value is 0.190. The van der Waals surface area contributed by atoms with Crippen LogP contribution in [0.15, 0.2) is 0 Å². The molecule has 0 rings (SSSR count). The average Bonchev–Trinajstić information content (AvgIpc) is 2.67. The van der Waals surface area contributed by atoms with Gasteiger partial charge < -0.3 is 14.7 Å². The Bertz CT molecular complexity index is 198. The highest BCUT2D eigenvalue weighted by Crippen LogP contribution is 2.43. The molecule has 170 valence electrons. The normalized spacial score (nSPS) is 10.7. The zero-order valence-electron chi connectivity index (χ0n) is 20.2. The lowest BCUT2D eigenvalue weighted by Gasteiger charge is -2.13. The van der Waals surface area contributed by atoms with Gasteiger partial charge in [0.25, 0.3) is 0 Å². The highest BCUT2D eigenvalue weighted by molar-refractivity contribution is 7.58. The summed E-state index contributed by atoms with van der Waals surface area (Å²) in [6, 6.07) is 0. The van der Waals surface area contributed by atoms with Crippen molar-refractivity contribution in [3.63, 3.8) is 0 Å². The van der Waals surface area contributed by atoms with Crippen LogP contribution >= 0.6 is 7.94 Å². The van der Waals surface area contributed by atoms with Crippen molar-refractivity contribution in [3.8, 4) is 0 Å². The van der Waals surface area contributed by atoms with Gasteiger partial charge >= 0.3 is 7.94 Å². The topological polar surface area (TPSA) is 70.4 Å². The zero-order chi connectivity index (χ0) is 22.3. The van der Waals surface area contributed by atoms with Gasteiger partial charge in [0.05, 0.1) is 0 Å². The van der Waals surface area contributed by atoms with Crippen LogP contribution in [0.4, 0.5) is 0 Å². The van der Waals surface area contributed by atoms with Gasteiger partial charge in [-0.15, -0.1) is 0 Å². The molecule has 0 saturated heterocycles. The molecule has 0 aliphatic carbocycles. The third-order valence-corrected chi connectivity index (χ3v) is 5.30. The molecule has 0 unspecified atom stereocenters. The lowest BCUT2D eigenvalue weighted by molar-refractivity contribution is 0.321. The molecule has 0 aliphatic rings. The Morgan fingerprint density at radius 2 is 0.519 bits per heavy atom. The standard InChI is InChI=1S/3C6H15N.C2H8O3P/c3*1-4-7(5-2)6-3;1-2-6(3,4)5/h3*4-6H2,1-3H3;3-5H,2H2,1H3/q;;;+1. The predicted molar refractivity (Wildman–Crippen MR) is 125 cm³/mol. The van der Waals surface area contributed by atoms with Gasteiger partial charge in [-0.2, -0.15) is 14.7 Å². The molecule has 0 radical (unpaired) electrons. The predicted octanol–water partition coefficient (Wildman–Crippen LogP) is 3.79. The third-order valence-electron chi connectivity index (χ3n) is 4.45. The molecule has 0 bridgehead atoms. The minimum Gasteiger partial charge on any atom is -0.304 e. The van der Waals surface area contributed by atoms with E-state index in [9.17, 15) is 0 Å². The summed E-state index contributed by atoms with van der Waals surface area (Å²) in [5.74, 6) is 0. The summed E-state index contributed by atoms with van der Waals surface area (Å²) in [6.07, 6.45) is 0.0486. The number of rotatable bonds is 10. The van der Waals surface area contributed by atoms with E-state index in [0.717, 1.165) is 0 Å². The van der Waals surface area contributed by atoms with Gasteiger partial charge in [0.1, 0.15) is 6.16 Å². The molecule has 0 aromatic carbocycles. The van der Waals surface area contributed by atoms with E-state index in [4.69, 9.17) is 14.7 Å². The molecule has 0 amide bonds. The maximum atomic E-state index is 8.05. The Morgan fingerprint density at radius 3 is 0.519 bits per heavy atom. The highest BCUT2D eigenvalue weighted by atomic mass is 31.2. The molecule has 0 fully saturated rings. The summed E-state index contributed by atoms with van der Waals surface area (Å²) < 4.78 is 0. The van der Waals surface area contributed by atoms with Crippen molar-refractivity contribution in [1.29, 1.82) is 0 Å². The van der Waals surface area contributed by atoms with Crippen LogP contribution in [-0.4, -0.2) is 94.4 Å². The molecule has 0 atom stereocenters. The van der Waals surface area contributed by atoms with E-state index in [1.54, 1.807) is 0 Å². The van der Waals surface area contributed by atoms with Crippen LogP contribution in [0.1, 0.15) is 69.2 Å². The first-order valence-electron chi connectivity index (χ1n) is 10.8. The van der Waals surface area contributed by atoms with Gasteiger partial charge in [-0.05, 0) is 65.8 Å². The van der Waals surface area contributed by atoms with Crippen molar-refractivity contribution in [2.45, 2.75) is 69.2 Å². The van der Waals surface area contributed by atoms with Crippen LogP contribution in [0.25, 0.3) is 0 Å². The van der Waals surface area contributed by atoms with Crippen LogP contribution in [0.5, 0.6) is 0 Å². The molecular weight excluding hydrogens is 361 g/mol. The van der Waals surface area contributed by atoms with Crippen molar-refractivity contribution in [2.24, 2.45) is 0 Å². The summed E-state index contributed by atoms with van der Waals surface area (Å²) >= 11 is 0. The first kappa shape index (κ1) is 34.7. The van der Waals surface area contributed by atoms with Crippen molar-refractivity contribution in [3.05, 3.63) is 0 Å². The van der Waals surface area contributed by atoms with Crippen molar-refractivity contribution in [1.82, 2.24) is 14.7 Å². The molecule has 7 heteroatoms. The quantitative estimate of drug-likeness (QED) is 0.473. The molecule has 0 spiro atoms. The van der Waals surface area contributed by atoms with Gasteiger partial charge in [0, 0.05) is 0 Å². The minimum absolute atomic E-state index is 0.0486. The van der Waals surface area contributed by atoms with E-state index >= 15 is 0 Å². The molecule has 3 N–H and O–H groups in total. The number of nitrogens with zero attached hydrogens (tertiary/aromatic N) is 3. The van der Waals surface area contributed by atoms with Gasteiger partial charge in [-0.25, -0.2) is 0 Å². The maximum absolute atomic E-state index is 8.05. The molecule has 0 aromatic heterocycles. The first-order valence-corrected chi connectivity index (χ1v) is 12.7. The Labute approximate surface area is 172 Å². The second-order valence-corrected chi connectivity index (χ2v) is 7.88.